The largest absolute Gasteiger partial charge is 0.460 e. The molecule has 38 heavy (non-hydrogen) atoms. The molecule has 1 amide bonds. The van der Waals surface area contributed by atoms with Crippen molar-refractivity contribution in [3.05, 3.63) is 71.8 Å². The number of rotatable bonds is 12. The summed E-state index contributed by atoms with van der Waals surface area (Å²) < 4.78 is 16.2. The number of carbonyl (C=O) groups excluding carboxylic acids is 3. The second-order valence-corrected chi connectivity index (χ2v) is 9.15. The van der Waals surface area contributed by atoms with E-state index < -0.39 is 60.4 Å². The number of nitrogens with two attached hydrogens (primary N) is 1. The zero-order chi connectivity index (χ0) is 27.7. The molecule has 1 aliphatic rings. The summed E-state index contributed by atoms with van der Waals surface area (Å²) in [6.45, 7) is -0.894. The van der Waals surface area contributed by atoms with E-state index in [1.54, 1.807) is 48.5 Å². The minimum atomic E-state index is -2.17. The molecule has 3 rings (SSSR count). The Kier molecular flexibility index (Phi) is 10.3. The zero-order valence-electron chi connectivity index (χ0n) is 20.7. The van der Waals surface area contributed by atoms with Gasteiger partial charge in [-0.15, -0.1) is 0 Å². The van der Waals surface area contributed by atoms with Crippen LogP contribution in [0.25, 0.3) is 0 Å². The first-order valence-corrected chi connectivity index (χ1v) is 12.2. The van der Waals surface area contributed by atoms with E-state index in [-0.39, 0.29) is 32.5 Å². The molecule has 1 aliphatic heterocycles. The fourth-order valence-electron chi connectivity index (χ4n) is 4.33. The normalized spacial score (nSPS) is 25.1. The molecular weight excluding hydrogens is 498 g/mol. The quantitative estimate of drug-likeness (QED) is 0.184. The van der Waals surface area contributed by atoms with E-state index in [2.05, 4.69) is 0 Å². The van der Waals surface area contributed by atoms with E-state index >= 15 is 0 Å². The molecule has 1 heterocycles. The Hall–Kier alpha value is -3.35. The Labute approximate surface area is 219 Å². The van der Waals surface area contributed by atoms with Gasteiger partial charge in [-0.3, -0.25) is 14.4 Å². The van der Waals surface area contributed by atoms with Gasteiger partial charge in [-0.25, -0.2) is 0 Å². The highest BCUT2D eigenvalue weighted by Gasteiger charge is 2.56. The van der Waals surface area contributed by atoms with E-state index in [1.165, 1.54) is 0 Å². The van der Waals surface area contributed by atoms with Gasteiger partial charge in [-0.1, -0.05) is 60.7 Å². The number of esters is 2. The van der Waals surface area contributed by atoms with Crippen molar-refractivity contribution in [2.75, 3.05) is 6.61 Å². The van der Waals surface area contributed by atoms with E-state index in [0.717, 1.165) is 0 Å². The third-order valence-electron chi connectivity index (χ3n) is 6.55. The van der Waals surface area contributed by atoms with Gasteiger partial charge in [0.05, 0.1) is 6.61 Å². The summed E-state index contributed by atoms with van der Waals surface area (Å²) in [5.41, 5.74) is 4.76. The maximum Gasteiger partial charge on any atom is 0.320 e. The number of hydrogen-bond acceptors (Lipinski definition) is 10. The Balaban J connectivity index is 1.72. The van der Waals surface area contributed by atoms with Gasteiger partial charge in [-0.05, 0) is 30.4 Å². The van der Waals surface area contributed by atoms with Crippen LogP contribution in [-0.4, -0.2) is 74.9 Å². The highest BCUT2D eigenvalue weighted by Crippen LogP contribution is 2.35. The van der Waals surface area contributed by atoms with E-state index in [0.29, 0.717) is 11.1 Å². The standard InChI is InChI=1S/C27H33NO10/c28-26(35)27(23(32)22(31)21(30)20(14-29)38-27)13-7-12-19(24(33)36-15-17-8-3-1-4-9-17)25(34)37-16-18-10-5-2-6-11-18/h1-6,8-11,19-23,29-32H,7,12-16H2,(H2,28,35)/t20-,21-,22+,23-,27+/m1/s1. The van der Waals surface area contributed by atoms with Crippen molar-refractivity contribution in [2.24, 2.45) is 11.7 Å². The van der Waals surface area contributed by atoms with E-state index in [1.807, 2.05) is 12.1 Å². The number of primary amides is 1. The van der Waals surface area contributed by atoms with Gasteiger partial charge in [0.25, 0.3) is 5.91 Å². The Morgan fingerprint density at radius 2 is 1.37 bits per heavy atom. The number of aliphatic hydroxyl groups is 4. The fraction of sp³-hybridized carbons (Fsp3) is 0.444. The van der Waals surface area contributed by atoms with Crippen LogP contribution in [0.1, 0.15) is 30.4 Å². The first-order chi connectivity index (χ1) is 18.2. The van der Waals surface area contributed by atoms with Gasteiger partial charge in [0.2, 0.25) is 0 Å². The Bertz CT molecular complexity index is 1010. The van der Waals surface area contributed by atoms with Gasteiger partial charge in [0, 0.05) is 0 Å². The number of hydrogen-bond donors (Lipinski definition) is 5. The van der Waals surface area contributed by atoms with Gasteiger partial charge in [0.15, 0.2) is 11.5 Å². The molecule has 206 valence electrons. The first-order valence-electron chi connectivity index (χ1n) is 12.2. The predicted octanol–water partition coefficient (Wildman–Crippen LogP) is -0.0424. The highest BCUT2D eigenvalue weighted by atomic mass is 16.6. The van der Waals surface area contributed by atoms with Gasteiger partial charge in [0.1, 0.15) is 37.6 Å². The minimum absolute atomic E-state index is 0.0630. The van der Waals surface area contributed by atoms with Crippen molar-refractivity contribution >= 4 is 17.8 Å². The number of ether oxygens (including phenoxy) is 3. The molecule has 1 saturated heterocycles. The lowest BCUT2D eigenvalue weighted by Gasteiger charge is -2.46. The van der Waals surface area contributed by atoms with Crippen LogP contribution in [0.4, 0.5) is 0 Å². The van der Waals surface area contributed by atoms with Crippen LogP contribution in [0.5, 0.6) is 0 Å². The number of aliphatic hydroxyl groups excluding tert-OH is 4. The van der Waals surface area contributed by atoms with Gasteiger partial charge >= 0.3 is 11.9 Å². The van der Waals surface area contributed by atoms with Crippen molar-refractivity contribution in [1.29, 1.82) is 0 Å². The van der Waals surface area contributed by atoms with Crippen LogP contribution in [-0.2, 0) is 41.8 Å². The van der Waals surface area contributed by atoms with E-state index in [4.69, 9.17) is 19.9 Å². The molecule has 0 unspecified atom stereocenters. The maximum atomic E-state index is 12.9. The zero-order valence-corrected chi connectivity index (χ0v) is 20.7. The predicted molar refractivity (Wildman–Crippen MR) is 132 cm³/mol. The minimum Gasteiger partial charge on any atom is -0.460 e. The average Bonchev–Trinajstić information content (AvgIpc) is 2.93. The van der Waals surface area contributed by atoms with Gasteiger partial charge < -0.3 is 40.4 Å². The van der Waals surface area contributed by atoms with Crippen LogP contribution in [0.2, 0.25) is 0 Å². The SMILES string of the molecule is NC(=O)[C@@]1(CCCC(C(=O)OCc2ccccc2)C(=O)OCc2ccccc2)O[C@H](CO)[C@@H](O)[C@H](O)[C@H]1O. The summed E-state index contributed by atoms with van der Waals surface area (Å²) >= 11 is 0. The van der Waals surface area contributed by atoms with Crippen molar-refractivity contribution in [3.8, 4) is 0 Å². The number of amides is 1. The lowest BCUT2D eigenvalue weighted by atomic mass is 9.80. The second-order valence-electron chi connectivity index (χ2n) is 9.15. The molecule has 5 atom stereocenters. The van der Waals surface area contributed by atoms with Crippen LogP contribution >= 0.6 is 0 Å². The third kappa shape index (κ3) is 6.94. The highest BCUT2D eigenvalue weighted by molar-refractivity contribution is 5.94. The van der Waals surface area contributed by atoms with Crippen LogP contribution in [0.3, 0.4) is 0 Å². The molecule has 2 aromatic rings. The summed E-state index contributed by atoms with van der Waals surface area (Å²) in [4.78, 5) is 38.2. The molecule has 6 N–H and O–H groups in total. The molecule has 11 heteroatoms. The summed E-state index contributed by atoms with van der Waals surface area (Å²) in [6.07, 6.45) is -7.32. The molecular formula is C27H33NO10. The van der Waals surface area contributed by atoms with Crippen LogP contribution in [0.15, 0.2) is 60.7 Å². The second kappa shape index (κ2) is 13.4. The third-order valence-corrected chi connectivity index (χ3v) is 6.55. The number of benzene rings is 2. The molecule has 1 fully saturated rings. The summed E-state index contributed by atoms with van der Waals surface area (Å²) in [5, 5.41) is 40.3. The molecule has 0 saturated carbocycles. The molecule has 2 aromatic carbocycles. The van der Waals surface area contributed by atoms with Crippen LogP contribution in [0, 0.1) is 5.92 Å². The molecule has 11 nitrogen and oxygen atoms in total. The lowest BCUT2D eigenvalue weighted by Crippen LogP contribution is -2.69. The van der Waals surface area contributed by atoms with Crippen molar-refractivity contribution in [2.45, 2.75) is 62.5 Å². The van der Waals surface area contributed by atoms with Gasteiger partial charge in [-0.2, -0.15) is 0 Å². The molecule has 0 spiro atoms. The maximum absolute atomic E-state index is 12.9. The lowest BCUT2D eigenvalue weighted by molar-refractivity contribution is -0.266. The topological polar surface area (TPSA) is 186 Å². The fourth-order valence-corrected chi connectivity index (χ4v) is 4.33. The Morgan fingerprint density at radius 3 is 1.82 bits per heavy atom. The molecule has 0 bridgehead atoms. The van der Waals surface area contributed by atoms with Crippen LogP contribution < -0.4 is 5.73 Å². The molecule has 0 aromatic heterocycles. The average molecular weight is 532 g/mol. The smallest absolute Gasteiger partial charge is 0.320 e. The number of carbonyl (C=O) groups is 3. The Morgan fingerprint density at radius 1 is 0.868 bits per heavy atom. The summed E-state index contributed by atoms with van der Waals surface area (Å²) in [6, 6.07) is 17.7. The van der Waals surface area contributed by atoms with Crippen molar-refractivity contribution < 1.29 is 49.0 Å². The monoisotopic (exact) mass is 531 g/mol. The first kappa shape index (κ1) is 29.2. The summed E-state index contributed by atoms with van der Waals surface area (Å²) in [7, 11) is 0. The summed E-state index contributed by atoms with van der Waals surface area (Å²) in [5.74, 6) is -4.18. The van der Waals surface area contributed by atoms with Crippen molar-refractivity contribution in [3.63, 3.8) is 0 Å². The van der Waals surface area contributed by atoms with Crippen molar-refractivity contribution in [1.82, 2.24) is 0 Å². The van der Waals surface area contributed by atoms with E-state index in [9.17, 15) is 34.8 Å². The molecule has 0 aliphatic carbocycles. The molecule has 0 radical (unpaired) electrons.